The summed E-state index contributed by atoms with van der Waals surface area (Å²) in [6.07, 6.45) is 5.70. The number of nitrogens with one attached hydrogen (secondary N) is 1. The standard InChI is InChI=1S/C14H28N2O/c1-3-14(2)5-9-16(10-6-14)8-4-13-12-15-7-11-17-13/h13,15H,3-12H2,1-2H3. The van der Waals surface area contributed by atoms with Crippen LogP contribution < -0.4 is 5.32 Å². The fraction of sp³-hybridized carbons (Fsp3) is 1.00. The van der Waals surface area contributed by atoms with Crippen LogP contribution in [0.4, 0.5) is 0 Å². The maximum absolute atomic E-state index is 5.74. The van der Waals surface area contributed by atoms with Crippen LogP contribution in [0.25, 0.3) is 0 Å². The molecule has 3 nitrogen and oxygen atoms in total. The van der Waals surface area contributed by atoms with Crippen molar-refractivity contribution < 1.29 is 4.74 Å². The molecule has 0 spiro atoms. The van der Waals surface area contributed by atoms with E-state index >= 15 is 0 Å². The molecule has 100 valence electrons. The second-order valence-electron chi connectivity index (χ2n) is 5.99. The topological polar surface area (TPSA) is 24.5 Å². The van der Waals surface area contributed by atoms with Gasteiger partial charge in [-0.3, -0.25) is 0 Å². The van der Waals surface area contributed by atoms with Gasteiger partial charge in [0.1, 0.15) is 0 Å². The van der Waals surface area contributed by atoms with Crippen LogP contribution in [0.15, 0.2) is 0 Å². The molecule has 0 aliphatic carbocycles. The van der Waals surface area contributed by atoms with Gasteiger partial charge in [-0.1, -0.05) is 20.3 Å². The Balaban J connectivity index is 1.64. The lowest BCUT2D eigenvalue weighted by Gasteiger charge is -2.39. The Bertz CT molecular complexity index is 218. The average Bonchev–Trinajstić information content (AvgIpc) is 2.39. The van der Waals surface area contributed by atoms with Crippen molar-refractivity contribution in [3.05, 3.63) is 0 Å². The number of ether oxygens (including phenoxy) is 1. The Labute approximate surface area is 106 Å². The number of hydrogen-bond acceptors (Lipinski definition) is 3. The molecule has 0 aromatic heterocycles. The zero-order valence-electron chi connectivity index (χ0n) is 11.5. The van der Waals surface area contributed by atoms with Gasteiger partial charge >= 0.3 is 0 Å². The first-order chi connectivity index (χ1) is 8.22. The average molecular weight is 240 g/mol. The van der Waals surface area contributed by atoms with Crippen LogP contribution in [0, 0.1) is 5.41 Å². The second kappa shape index (κ2) is 6.17. The summed E-state index contributed by atoms with van der Waals surface area (Å²) in [5.41, 5.74) is 0.611. The van der Waals surface area contributed by atoms with Crippen molar-refractivity contribution in [1.82, 2.24) is 10.2 Å². The number of rotatable bonds is 4. The minimum absolute atomic E-state index is 0.447. The van der Waals surface area contributed by atoms with Crippen molar-refractivity contribution in [2.45, 2.75) is 45.6 Å². The molecule has 2 rings (SSSR count). The van der Waals surface area contributed by atoms with Crippen molar-refractivity contribution in [3.63, 3.8) is 0 Å². The summed E-state index contributed by atoms with van der Waals surface area (Å²) >= 11 is 0. The van der Waals surface area contributed by atoms with Gasteiger partial charge in [0, 0.05) is 19.6 Å². The van der Waals surface area contributed by atoms with E-state index in [-0.39, 0.29) is 0 Å². The predicted octanol–water partition coefficient (Wildman–Crippen LogP) is 1.88. The summed E-state index contributed by atoms with van der Waals surface area (Å²) < 4.78 is 5.74. The van der Waals surface area contributed by atoms with Gasteiger partial charge < -0.3 is 15.0 Å². The summed E-state index contributed by atoms with van der Waals surface area (Å²) in [4.78, 5) is 2.62. The minimum atomic E-state index is 0.447. The van der Waals surface area contributed by atoms with Gasteiger partial charge in [0.2, 0.25) is 0 Å². The van der Waals surface area contributed by atoms with E-state index < -0.39 is 0 Å². The molecule has 0 aromatic rings. The van der Waals surface area contributed by atoms with Crippen molar-refractivity contribution in [3.8, 4) is 0 Å². The smallest absolute Gasteiger partial charge is 0.0712 e. The molecule has 1 unspecified atom stereocenters. The van der Waals surface area contributed by atoms with Gasteiger partial charge in [-0.05, 0) is 37.8 Å². The minimum Gasteiger partial charge on any atom is -0.376 e. The first-order valence-electron chi connectivity index (χ1n) is 7.26. The van der Waals surface area contributed by atoms with Crippen molar-refractivity contribution in [2.24, 2.45) is 5.41 Å². The quantitative estimate of drug-likeness (QED) is 0.812. The Morgan fingerprint density at radius 3 is 2.71 bits per heavy atom. The fourth-order valence-corrected chi connectivity index (χ4v) is 2.80. The zero-order chi connectivity index (χ0) is 12.1. The number of hydrogen-bond donors (Lipinski definition) is 1. The van der Waals surface area contributed by atoms with E-state index in [1.165, 1.54) is 45.3 Å². The van der Waals surface area contributed by atoms with Gasteiger partial charge in [0.15, 0.2) is 0 Å². The van der Waals surface area contributed by atoms with Crippen molar-refractivity contribution >= 4 is 0 Å². The summed E-state index contributed by atoms with van der Waals surface area (Å²) in [6, 6.07) is 0. The lowest BCUT2D eigenvalue weighted by molar-refractivity contribution is 0.0125. The fourth-order valence-electron chi connectivity index (χ4n) is 2.80. The van der Waals surface area contributed by atoms with Crippen LogP contribution in [0.3, 0.4) is 0 Å². The van der Waals surface area contributed by atoms with Crippen molar-refractivity contribution in [2.75, 3.05) is 39.3 Å². The number of likely N-dealkylation sites (tertiary alicyclic amines) is 1. The van der Waals surface area contributed by atoms with Gasteiger partial charge in [0.25, 0.3) is 0 Å². The highest BCUT2D eigenvalue weighted by atomic mass is 16.5. The summed E-state index contributed by atoms with van der Waals surface area (Å²) in [7, 11) is 0. The van der Waals surface area contributed by atoms with Gasteiger partial charge in [-0.25, -0.2) is 0 Å². The molecule has 0 aromatic carbocycles. The summed E-state index contributed by atoms with van der Waals surface area (Å²) in [6.45, 7) is 11.5. The van der Waals surface area contributed by atoms with Crippen molar-refractivity contribution in [1.29, 1.82) is 0 Å². The molecule has 0 amide bonds. The lowest BCUT2D eigenvalue weighted by Crippen LogP contribution is -2.43. The first kappa shape index (κ1) is 13.3. The normalized spacial score (nSPS) is 30.4. The third kappa shape index (κ3) is 3.94. The Morgan fingerprint density at radius 2 is 2.12 bits per heavy atom. The molecular weight excluding hydrogens is 212 g/mol. The highest BCUT2D eigenvalue weighted by molar-refractivity contribution is 4.81. The van der Waals surface area contributed by atoms with Crippen LogP contribution in [0.5, 0.6) is 0 Å². The predicted molar refractivity (Wildman–Crippen MR) is 71.3 cm³/mol. The molecule has 0 saturated carbocycles. The number of morpholine rings is 1. The van der Waals surface area contributed by atoms with E-state index in [1.54, 1.807) is 0 Å². The third-order valence-corrected chi connectivity index (χ3v) is 4.69. The first-order valence-corrected chi connectivity index (χ1v) is 7.26. The molecular formula is C14H28N2O. The van der Waals surface area contributed by atoms with Crippen LogP contribution in [0.2, 0.25) is 0 Å². The molecule has 2 heterocycles. The molecule has 2 aliphatic heterocycles. The molecule has 0 radical (unpaired) electrons. The summed E-state index contributed by atoms with van der Waals surface area (Å²) in [5, 5.41) is 3.40. The van der Waals surface area contributed by atoms with E-state index in [9.17, 15) is 0 Å². The SMILES string of the molecule is CCC1(C)CCN(CCC2CNCCO2)CC1. The maximum Gasteiger partial charge on any atom is 0.0712 e. The highest BCUT2D eigenvalue weighted by Crippen LogP contribution is 2.33. The van der Waals surface area contributed by atoms with Gasteiger partial charge in [-0.15, -0.1) is 0 Å². The Kier molecular flexibility index (Phi) is 4.83. The Morgan fingerprint density at radius 1 is 1.35 bits per heavy atom. The van der Waals surface area contributed by atoms with Gasteiger partial charge in [0.05, 0.1) is 12.7 Å². The lowest BCUT2D eigenvalue weighted by atomic mass is 9.78. The molecule has 2 saturated heterocycles. The van der Waals surface area contributed by atoms with Crippen LogP contribution in [-0.4, -0.2) is 50.3 Å². The van der Waals surface area contributed by atoms with E-state index in [4.69, 9.17) is 4.74 Å². The molecule has 0 bridgehead atoms. The maximum atomic E-state index is 5.74. The molecule has 17 heavy (non-hydrogen) atoms. The van der Waals surface area contributed by atoms with Crippen LogP contribution >= 0.6 is 0 Å². The molecule has 3 heteroatoms. The molecule has 2 aliphatic rings. The summed E-state index contributed by atoms with van der Waals surface area (Å²) in [5.74, 6) is 0. The zero-order valence-corrected chi connectivity index (χ0v) is 11.5. The van der Waals surface area contributed by atoms with Crippen LogP contribution in [-0.2, 0) is 4.74 Å². The van der Waals surface area contributed by atoms with E-state index in [0.717, 1.165) is 19.7 Å². The molecule has 1 atom stereocenters. The third-order valence-electron chi connectivity index (χ3n) is 4.69. The second-order valence-corrected chi connectivity index (χ2v) is 5.99. The largest absolute Gasteiger partial charge is 0.376 e. The molecule has 2 fully saturated rings. The van der Waals surface area contributed by atoms with E-state index in [2.05, 4.69) is 24.1 Å². The van der Waals surface area contributed by atoms with Gasteiger partial charge in [-0.2, -0.15) is 0 Å². The highest BCUT2D eigenvalue weighted by Gasteiger charge is 2.28. The number of nitrogens with zero attached hydrogens (tertiary/aromatic N) is 1. The van der Waals surface area contributed by atoms with E-state index in [1.807, 2.05) is 0 Å². The monoisotopic (exact) mass is 240 g/mol. The van der Waals surface area contributed by atoms with E-state index in [0.29, 0.717) is 11.5 Å². The number of piperidine rings is 1. The molecule has 1 N–H and O–H groups in total. The Hall–Kier alpha value is -0.120. The van der Waals surface area contributed by atoms with Crippen LogP contribution in [0.1, 0.15) is 39.5 Å².